The molecule has 2 rings (SSSR count). The first-order valence-corrected chi connectivity index (χ1v) is 6.87. The van der Waals surface area contributed by atoms with Gasteiger partial charge in [0.1, 0.15) is 5.75 Å². The second kappa shape index (κ2) is 6.67. The van der Waals surface area contributed by atoms with E-state index in [1.807, 2.05) is 50.2 Å². The van der Waals surface area contributed by atoms with E-state index in [-0.39, 0.29) is 6.10 Å². The van der Waals surface area contributed by atoms with Gasteiger partial charge in [-0.1, -0.05) is 12.1 Å². The Labute approximate surface area is 125 Å². The van der Waals surface area contributed by atoms with E-state index in [1.54, 1.807) is 6.07 Å². The monoisotopic (exact) mass is 281 g/mol. The molecule has 108 valence electrons. The summed E-state index contributed by atoms with van der Waals surface area (Å²) in [5.74, 6) is 0.748. The predicted molar refractivity (Wildman–Crippen MR) is 85.1 cm³/mol. The zero-order valence-corrected chi connectivity index (χ0v) is 12.3. The fourth-order valence-electron chi connectivity index (χ4n) is 2.02. The molecule has 21 heavy (non-hydrogen) atoms. The molecule has 0 atom stereocenters. The second-order valence-electron chi connectivity index (χ2n) is 5.12. The fourth-order valence-corrected chi connectivity index (χ4v) is 2.02. The van der Waals surface area contributed by atoms with Gasteiger partial charge in [0.2, 0.25) is 0 Å². The Kier molecular flexibility index (Phi) is 4.68. The molecule has 2 aromatic carbocycles. The van der Waals surface area contributed by atoms with Crippen LogP contribution in [-0.2, 0) is 6.54 Å². The van der Waals surface area contributed by atoms with Crippen LogP contribution in [0.15, 0.2) is 42.5 Å². The molecule has 0 spiro atoms. The van der Waals surface area contributed by atoms with E-state index in [0.717, 1.165) is 17.0 Å². The molecule has 0 radical (unpaired) electrons. The molecule has 0 unspecified atom stereocenters. The molecule has 4 heteroatoms. The highest BCUT2D eigenvalue weighted by Crippen LogP contribution is 2.24. The molecular weight excluding hydrogens is 262 g/mol. The molecule has 4 nitrogen and oxygen atoms in total. The van der Waals surface area contributed by atoms with Crippen LogP contribution < -0.4 is 15.8 Å². The van der Waals surface area contributed by atoms with Gasteiger partial charge in [-0.15, -0.1) is 0 Å². The molecule has 3 N–H and O–H groups in total. The number of benzene rings is 2. The van der Waals surface area contributed by atoms with Gasteiger partial charge in [0.15, 0.2) is 0 Å². The minimum absolute atomic E-state index is 0.104. The number of nitrogens with zero attached hydrogens (tertiary/aromatic N) is 1. The maximum Gasteiger partial charge on any atom is 0.123 e. The molecule has 0 aliphatic heterocycles. The number of nitrogens with one attached hydrogen (secondary N) is 1. The lowest BCUT2D eigenvalue weighted by molar-refractivity contribution is 0.242. The fraction of sp³-hybridized carbons (Fsp3) is 0.235. The van der Waals surface area contributed by atoms with E-state index in [0.29, 0.717) is 17.8 Å². The van der Waals surface area contributed by atoms with Crippen molar-refractivity contribution in [3.63, 3.8) is 0 Å². The molecule has 0 aliphatic carbocycles. The van der Waals surface area contributed by atoms with Gasteiger partial charge in [-0.3, -0.25) is 0 Å². The van der Waals surface area contributed by atoms with Gasteiger partial charge in [0, 0.05) is 30.1 Å². The number of ether oxygens (including phenoxy) is 1. The highest BCUT2D eigenvalue weighted by molar-refractivity contribution is 5.59. The summed E-state index contributed by atoms with van der Waals surface area (Å²) in [5.41, 5.74) is 9.14. The summed E-state index contributed by atoms with van der Waals surface area (Å²) in [5, 5.41) is 12.2. The number of hydrogen-bond donors (Lipinski definition) is 2. The van der Waals surface area contributed by atoms with E-state index >= 15 is 0 Å². The average Bonchev–Trinajstić information content (AvgIpc) is 2.44. The molecule has 0 aliphatic rings. The van der Waals surface area contributed by atoms with Gasteiger partial charge in [0.05, 0.1) is 17.7 Å². The van der Waals surface area contributed by atoms with Crippen molar-refractivity contribution >= 4 is 11.4 Å². The SMILES string of the molecule is CC(C)Oc1cc(N)cc(NCc2cccc(C#N)c2)c1. The van der Waals surface area contributed by atoms with Crippen LogP contribution in [0, 0.1) is 11.3 Å². The van der Waals surface area contributed by atoms with Crippen LogP contribution in [0.1, 0.15) is 25.0 Å². The highest BCUT2D eigenvalue weighted by Gasteiger charge is 2.03. The summed E-state index contributed by atoms with van der Waals surface area (Å²) >= 11 is 0. The van der Waals surface area contributed by atoms with Crippen molar-refractivity contribution in [1.82, 2.24) is 0 Å². The molecule has 0 saturated carbocycles. The Hall–Kier alpha value is -2.67. The van der Waals surface area contributed by atoms with Crippen LogP contribution in [0.5, 0.6) is 5.75 Å². The van der Waals surface area contributed by atoms with E-state index < -0.39 is 0 Å². The third-order valence-corrected chi connectivity index (χ3v) is 2.85. The van der Waals surface area contributed by atoms with Crippen LogP contribution in [0.2, 0.25) is 0 Å². The summed E-state index contributed by atoms with van der Waals surface area (Å²) in [6.45, 7) is 4.58. The van der Waals surface area contributed by atoms with Gasteiger partial charge >= 0.3 is 0 Å². The van der Waals surface area contributed by atoms with E-state index in [2.05, 4.69) is 11.4 Å². The van der Waals surface area contributed by atoms with Crippen LogP contribution in [0.4, 0.5) is 11.4 Å². The van der Waals surface area contributed by atoms with Gasteiger partial charge in [-0.2, -0.15) is 5.26 Å². The van der Waals surface area contributed by atoms with E-state index in [9.17, 15) is 0 Å². The smallest absolute Gasteiger partial charge is 0.123 e. The summed E-state index contributed by atoms with van der Waals surface area (Å²) in [7, 11) is 0. The summed E-state index contributed by atoms with van der Waals surface area (Å²) in [6.07, 6.45) is 0.104. The number of nitrogens with two attached hydrogens (primary N) is 1. The predicted octanol–water partition coefficient (Wildman–Crippen LogP) is 3.54. The molecule has 0 heterocycles. The molecular formula is C17H19N3O. The Bertz CT molecular complexity index is 659. The van der Waals surface area contributed by atoms with Crippen molar-refractivity contribution in [1.29, 1.82) is 5.26 Å². The van der Waals surface area contributed by atoms with Crippen molar-refractivity contribution in [3.05, 3.63) is 53.6 Å². The first kappa shape index (κ1) is 14.7. The highest BCUT2D eigenvalue weighted by atomic mass is 16.5. The third-order valence-electron chi connectivity index (χ3n) is 2.85. The molecule has 2 aromatic rings. The zero-order chi connectivity index (χ0) is 15.2. The normalized spacial score (nSPS) is 10.2. The summed E-state index contributed by atoms with van der Waals surface area (Å²) in [4.78, 5) is 0. The Balaban J connectivity index is 2.09. The van der Waals surface area contributed by atoms with Crippen molar-refractivity contribution in [2.45, 2.75) is 26.5 Å². The second-order valence-corrected chi connectivity index (χ2v) is 5.12. The maximum atomic E-state index is 8.90. The summed E-state index contributed by atoms with van der Waals surface area (Å²) in [6, 6.07) is 15.2. The number of hydrogen-bond acceptors (Lipinski definition) is 4. The third kappa shape index (κ3) is 4.43. The lowest BCUT2D eigenvalue weighted by Crippen LogP contribution is -2.07. The van der Waals surface area contributed by atoms with E-state index in [4.69, 9.17) is 15.7 Å². The van der Waals surface area contributed by atoms with E-state index in [1.165, 1.54) is 0 Å². The summed E-state index contributed by atoms with van der Waals surface area (Å²) < 4.78 is 5.66. The average molecular weight is 281 g/mol. The Morgan fingerprint density at radius 1 is 1.24 bits per heavy atom. The maximum absolute atomic E-state index is 8.90. The Morgan fingerprint density at radius 3 is 2.76 bits per heavy atom. The van der Waals surface area contributed by atoms with Crippen LogP contribution >= 0.6 is 0 Å². The van der Waals surface area contributed by atoms with Gasteiger partial charge in [0.25, 0.3) is 0 Å². The van der Waals surface area contributed by atoms with Gasteiger partial charge in [-0.05, 0) is 37.6 Å². The number of anilines is 2. The largest absolute Gasteiger partial charge is 0.491 e. The molecule has 0 saturated heterocycles. The number of rotatable bonds is 5. The lowest BCUT2D eigenvalue weighted by Gasteiger charge is -2.13. The topological polar surface area (TPSA) is 71.1 Å². The first-order valence-electron chi connectivity index (χ1n) is 6.87. The lowest BCUT2D eigenvalue weighted by atomic mass is 10.1. The van der Waals surface area contributed by atoms with Gasteiger partial charge < -0.3 is 15.8 Å². The number of nitriles is 1. The molecule has 0 amide bonds. The van der Waals surface area contributed by atoms with Gasteiger partial charge in [-0.25, -0.2) is 0 Å². The molecule has 0 bridgehead atoms. The minimum atomic E-state index is 0.104. The quantitative estimate of drug-likeness (QED) is 0.822. The first-order chi connectivity index (χ1) is 10.1. The van der Waals surface area contributed by atoms with Crippen molar-refractivity contribution in [3.8, 4) is 11.8 Å². The van der Waals surface area contributed by atoms with Crippen molar-refractivity contribution in [2.24, 2.45) is 0 Å². The van der Waals surface area contributed by atoms with Crippen molar-refractivity contribution in [2.75, 3.05) is 11.1 Å². The van der Waals surface area contributed by atoms with Crippen LogP contribution in [0.25, 0.3) is 0 Å². The Morgan fingerprint density at radius 2 is 2.05 bits per heavy atom. The standard InChI is InChI=1S/C17H19N3O/c1-12(2)21-17-8-15(19)7-16(9-17)20-11-14-5-3-4-13(6-14)10-18/h3-9,12,20H,11,19H2,1-2H3. The molecule has 0 aromatic heterocycles. The number of nitrogen functional groups attached to an aromatic ring is 1. The van der Waals surface area contributed by atoms with Crippen LogP contribution in [0.3, 0.4) is 0 Å². The van der Waals surface area contributed by atoms with Crippen molar-refractivity contribution < 1.29 is 4.74 Å². The molecule has 0 fully saturated rings. The van der Waals surface area contributed by atoms with Crippen LogP contribution in [-0.4, -0.2) is 6.10 Å². The minimum Gasteiger partial charge on any atom is -0.491 e. The zero-order valence-electron chi connectivity index (χ0n) is 12.3.